The molecule has 2 aromatic carbocycles. The number of hydrogen-bond donors (Lipinski definition) is 2. The molecule has 0 spiro atoms. The molecule has 0 atom stereocenters. The molecule has 0 saturated heterocycles. The Hall–Kier alpha value is -1.95. The monoisotopic (exact) mass is 326 g/mol. The van der Waals surface area contributed by atoms with Gasteiger partial charge in [0, 0.05) is 0 Å². The van der Waals surface area contributed by atoms with Gasteiger partial charge < -0.3 is 11.1 Å². The number of rotatable bonds is 2. The summed E-state index contributed by atoms with van der Waals surface area (Å²) in [7, 11) is 0. The summed E-state index contributed by atoms with van der Waals surface area (Å²) in [5.41, 5.74) is 5.61. The largest absolute Gasteiger partial charge is 0.397 e. The molecule has 0 radical (unpaired) electrons. The molecule has 19 heavy (non-hydrogen) atoms. The van der Waals surface area contributed by atoms with Gasteiger partial charge in [0.1, 0.15) is 17.3 Å². The Morgan fingerprint density at radius 1 is 1.11 bits per heavy atom. The maximum absolute atomic E-state index is 13.5. The predicted octanol–water partition coefficient (Wildman–Crippen LogP) is 3.56. The lowest BCUT2D eigenvalue weighted by Gasteiger charge is -2.10. The van der Waals surface area contributed by atoms with E-state index in [9.17, 15) is 13.6 Å². The van der Waals surface area contributed by atoms with Gasteiger partial charge in [0.2, 0.25) is 0 Å². The van der Waals surface area contributed by atoms with Crippen LogP contribution in [0.3, 0.4) is 0 Å². The van der Waals surface area contributed by atoms with Crippen molar-refractivity contribution in [2.45, 2.75) is 0 Å². The molecule has 0 aliphatic rings. The number of hydrogen-bond acceptors (Lipinski definition) is 2. The number of amides is 1. The van der Waals surface area contributed by atoms with Crippen LogP contribution in [0, 0.1) is 11.6 Å². The molecule has 0 bridgehead atoms. The van der Waals surface area contributed by atoms with Crippen molar-refractivity contribution in [2.75, 3.05) is 11.1 Å². The van der Waals surface area contributed by atoms with E-state index in [1.165, 1.54) is 36.4 Å². The first-order chi connectivity index (χ1) is 9.00. The third-order valence-corrected chi connectivity index (χ3v) is 3.29. The SMILES string of the molecule is Nc1cccc(F)c1NC(=O)c1cccc(F)c1Br. The Morgan fingerprint density at radius 2 is 1.74 bits per heavy atom. The van der Waals surface area contributed by atoms with Gasteiger partial charge in [0.15, 0.2) is 0 Å². The van der Waals surface area contributed by atoms with E-state index in [0.29, 0.717) is 0 Å². The van der Waals surface area contributed by atoms with Crippen molar-refractivity contribution >= 4 is 33.2 Å². The van der Waals surface area contributed by atoms with Crippen LogP contribution in [0.1, 0.15) is 10.4 Å². The van der Waals surface area contributed by atoms with Crippen LogP contribution in [-0.2, 0) is 0 Å². The third-order valence-electron chi connectivity index (χ3n) is 2.48. The Labute approximate surface area is 116 Å². The first kappa shape index (κ1) is 13.5. The van der Waals surface area contributed by atoms with E-state index in [-0.39, 0.29) is 21.4 Å². The fourth-order valence-corrected chi connectivity index (χ4v) is 1.98. The highest BCUT2D eigenvalue weighted by molar-refractivity contribution is 9.10. The zero-order valence-electron chi connectivity index (χ0n) is 9.58. The van der Waals surface area contributed by atoms with Crippen molar-refractivity contribution in [3.05, 3.63) is 58.1 Å². The van der Waals surface area contributed by atoms with Crippen LogP contribution < -0.4 is 11.1 Å². The van der Waals surface area contributed by atoms with E-state index >= 15 is 0 Å². The van der Waals surface area contributed by atoms with Crippen molar-refractivity contribution in [1.29, 1.82) is 0 Å². The fraction of sp³-hybridized carbons (Fsp3) is 0. The van der Waals surface area contributed by atoms with Crippen LogP contribution >= 0.6 is 15.9 Å². The molecule has 98 valence electrons. The van der Waals surface area contributed by atoms with Gasteiger partial charge in [-0.2, -0.15) is 0 Å². The van der Waals surface area contributed by atoms with Crippen molar-refractivity contribution in [2.24, 2.45) is 0 Å². The second-order valence-electron chi connectivity index (χ2n) is 3.76. The van der Waals surface area contributed by atoms with Gasteiger partial charge in [0.05, 0.1) is 15.7 Å². The number of nitrogens with two attached hydrogens (primary N) is 1. The summed E-state index contributed by atoms with van der Waals surface area (Å²) in [6.45, 7) is 0. The van der Waals surface area contributed by atoms with E-state index in [1.807, 2.05) is 0 Å². The van der Waals surface area contributed by atoms with Gasteiger partial charge in [0.25, 0.3) is 5.91 Å². The predicted molar refractivity (Wildman–Crippen MR) is 72.9 cm³/mol. The minimum absolute atomic E-state index is 0.0161. The van der Waals surface area contributed by atoms with E-state index < -0.39 is 17.5 Å². The number of benzene rings is 2. The van der Waals surface area contributed by atoms with Crippen LogP contribution in [-0.4, -0.2) is 5.91 Å². The Balaban J connectivity index is 2.34. The van der Waals surface area contributed by atoms with Crippen molar-refractivity contribution < 1.29 is 13.6 Å². The van der Waals surface area contributed by atoms with Gasteiger partial charge in [-0.25, -0.2) is 8.78 Å². The fourth-order valence-electron chi connectivity index (χ4n) is 1.53. The topological polar surface area (TPSA) is 55.1 Å². The molecule has 6 heteroatoms. The van der Waals surface area contributed by atoms with Gasteiger partial charge in [-0.15, -0.1) is 0 Å². The number of carbonyl (C=O) groups excluding carboxylic acids is 1. The van der Waals surface area contributed by atoms with Crippen LogP contribution in [0.25, 0.3) is 0 Å². The number of nitrogen functional groups attached to an aromatic ring is 1. The average molecular weight is 327 g/mol. The zero-order valence-corrected chi connectivity index (χ0v) is 11.2. The Kier molecular flexibility index (Phi) is 3.80. The molecule has 2 rings (SSSR count). The Morgan fingerprint density at radius 3 is 2.42 bits per heavy atom. The average Bonchev–Trinajstić information content (AvgIpc) is 2.37. The lowest BCUT2D eigenvalue weighted by Crippen LogP contribution is -2.15. The second-order valence-corrected chi connectivity index (χ2v) is 4.55. The normalized spacial score (nSPS) is 10.3. The lowest BCUT2D eigenvalue weighted by molar-refractivity contribution is 0.102. The molecule has 0 saturated carbocycles. The molecular weight excluding hydrogens is 318 g/mol. The number of anilines is 2. The Bertz CT molecular complexity index is 626. The highest BCUT2D eigenvalue weighted by Crippen LogP contribution is 2.25. The molecule has 0 aliphatic heterocycles. The summed E-state index contributed by atoms with van der Waals surface area (Å²) in [4.78, 5) is 12.0. The summed E-state index contributed by atoms with van der Waals surface area (Å²) < 4.78 is 26.9. The summed E-state index contributed by atoms with van der Waals surface area (Å²) >= 11 is 2.97. The molecule has 3 N–H and O–H groups in total. The van der Waals surface area contributed by atoms with Crippen LogP contribution in [0.5, 0.6) is 0 Å². The minimum Gasteiger partial charge on any atom is -0.397 e. The first-order valence-electron chi connectivity index (χ1n) is 5.30. The van der Waals surface area contributed by atoms with Crippen LogP contribution in [0.15, 0.2) is 40.9 Å². The molecule has 1 amide bonds. The first-order valence-corrected chi connectivity index (χ1v) is 6.09. The van der Waals surface area contributed by atoms with Crippen molar-refractivity contribution in [1.82, 2.24) is 0 Å². The van der Waals surface area contributed by atoms with Crippen LogP contribution in [0.2, 0.25) is 0 Å². The van der Waals surface area contributed by atoms with Crippen molar-refractivity contribution in [3.8, 4) is 0 Å². The molecule has 0 unspecified atom stereocenters. The maximum atomic E-state index is 13.5. The molecule has 3 nitrogen and oxygen atoms in total. The number of para-hydroxylation sites is 1. The van der Waals surface area contributed by atoms with E-state index in [2.05, 4.69) is 21.2 Å². The summed E-state index contributed by atoms with van der Waals surface area (Å²) in [6, 6.07) is 8.07. The highest BCUT2D eigenvalue weighted by atomic mass is 79.9. The number of carbonyl (C=O) groups is 1. The second kappa shape index (κ2) is 5.36. The highest BCUT2D eigenvalue weighted by Gasteiger charge is 2.16. The third kappa shape index (κ3) is 2.73. The van der Waals surface area contributed by atoms with E-state index in [0.717, 1.165) is 0 Å². The minimum atomic E-state index is -0.652. The maximum Gasteiger partial charge on any atom is 0.257 e. The molecular formula is C13H9BrF2N2O. The summed E-state index contributed by atoms with van der Waals surface area (Å²) in [6.07, 6.45) is 0. The lowest BCUT2D eigenvalue weighted by atomic mass is 10.2. The number of nitrogens with one attached hydrogen (secondary N) is 1. The summed E-state index contributed by atoms with van der Waals surface area (Å²) in [5, 5.41) is 2.33. The smallest absolute Gasteiger partial charge is 0.257 e. The van der Waals surface area contributed by atoms with Gasteiger partial charge in [-0.3, -0.25) is 4.79 Å². The molecule has 0 fully saturated rings. The van der Waals surface area contributed by atoms with E-state index in [4.69, 9.17) is 5.73 Å². The molecule has 0 aromatic heterocycles. The molecule has 2 aromatic rings. The molecule has 0 aliphatic carbocycles. The zero-order chi connectivity index (χ0) is 14.0. The summed E-state index contributed by atoms with van der Waals surface area (Å²) in [5.74, 6) is -1.88. The van der Waals surface area contributed by atoms with Crippen molar-refractivity contribution in [3.63, 3.8) is 0 Å². The van der Waals surface area contributed by atoms with Gasteiger partial charge in [-0.05, 0) is 40.2 Å². The van der Waals surface area contributed by atoms with Crippen LogP contribution in [0.4, 0.5) is 20.2 Å². The standard InChI is InChI=1S/C13H9BrF2N2O/c14-11-7(3-1-4-8(11)15)13(19)18-12-9(16)5-2-6-10(12)17/h1-6H,17H2,(H,18,19). The quantitative estimate of drug-likeness (QED) is 0.829. The van der Waals surface area contributed by atoms with E-state index in [1.54, 1.807) is 0 Å². The van der Waals surface area contributed by atoms with Gasteiger partial charge >= 0.3 is 0 Å². The van der Waals surface area contributed by atoms with Gasteiger partial charge in [-0.1, -0.05) is 12.1 Å². The number of halogens is 3. The molecule has 0 heterocycles.